The Kier molecular flexibility index (Phi) is 6.58. The fraction of sp³-hybridized carbons (Fsp3) is 0.323. The van der Waals surface area contributed by atoms with Crippen LogP contribution in [-0.4, -0.2) is 21.1 Å². The van der Waals surface area contributed by atoms with E-state index < -0.39 is 0 Å². The summed E-state index contributed by atoms with van der Waals surface area (Å²) >= 11 is 0. The summed E-state index contributed by atoms with van der Waals surface area (Å²) in [6.45, 7) is 1.93. The van der Waals surface area contributed by atoms with Gasteiger partial charge in [-0.15, -0.1) is 0 Å². The smallest absolute Gasteiger partial charge is 0.254 e. The van der Waals surface area contributed by atoms with Crippen LogP contribution in [-0.2, 0) is 13.0 Å². The minimum absolute atomic E-state index is 0.306. The van der Waals surface area contributed by atoms with Crippen LogP contribution >= 0.6 is 0 Å². The van der Waals surface area contributed by atoms with Crippen molar-refractivity contribution in [1.82, 2.24) is 14.5 Å². The third-order valence-electron chi connectivity index (χ3n) is 7.38. The number of allylic oxidation sites excluding steroid dienone is 2. The minimum Gasteiger partial charge on any atom is -0.437 e. The normalized spacial score (nSPS) is 15.9. The Bertz CT molecular complexity index is 1500. The van der Waals surface area contributed by atoms with Crippen molar-refractivity contribution in [2.45, 2.75) is 45.1 Å². The van der Waals surface area contributed by atoms with Crippen molar-refractivity contribution in [2.75, 3.05) is 11.9 Å². The van der Waals surface area contributed by atoms with E-state index in [4.69, 9.17) is 10.5 Å². The summed E-state index contributed by atoms with van der Waals surface area (Å²) in [6.07, 6.45) is 16.1. The van der Waals surface area contributed by atoms with Crippen LogP contribution < -0.4 is 15.8 Å². The third kappa shape index (κ3) is 5.14. The van der Waals surface area contributed by atoms with Crippen molar-refractivity contribution >= 4 is 11.8 Å². The summed E-state index contributed by atoms with van der Waals surface area (Å²) in [6, 6.07) is 13.4. The number of nitrogens with two attached hydrogens (primary N) is 1. The van der Waals surface area contributed by atoms with Crippen molar-refractivity contribution in [1.29, 1.82) is 5.26 Å². The number of anilines is 1. The zero-order valence-electron chi connectivity index (χ0n) is 21.3. The fourth-order valence-corrected chi connectivity index (χ4v) is 5.01. The number of rotatable bonds is 9. The number of hydrogen-bond acceptors (Lipinski definition) is 6. The first-order chi connectivity index (χ1) is 18.7. The Morgan fingerprint density at radius 3 is 2.58 bits per heavy atom. The first-order valence-electron chi connectivity index (χ1n) is 13.3. The van der Waals surface area contributed by atoms with Crippen LogP contribution in [0.4, 0.5) is 5.69 Å². The van der Waals surface area contributed by atoms with Crippen LogP contribution in [0.1, 0.15) is 54.6 Å². The number of ether oxygens (including phenoxy) is 1. The Morgan fingerprint density at radius 2 is 1.84 bits per heavy atom. The van der Waals surface area contributed by atoms with Crippen molar-refractivity contribution in [3.05, 3.63) is 77.1 Å². The van der Waals surface area contributed by atoms with Gasteiger partial charge in [-0.25, -0.2) is 9.97 Å². The van der Waals surface area contributed by atoms with Crippen LogP contribution in [0.25, 0.3) is 17.3 Å². The third-order valence-corrected chi connectivity index (χ3v) is 7.38. The first-order valence-corrected chi connectivity index (χ1v) is 13.3. The van der Waals surface area contributed by atoms with Gasteiger partial charge >= 0.3 is 0 Å². The predicted octanol–water partition coefficient (Wildman–Crippen LogP) is 5.24. The lowest BCUT2D eigenvalue weighted by atomic mass is 10.0. The standard InChI is InChI=1S/C31H30N6O/c32-15-13-28-31(36-18-17-35-28)38-25-9-11-26-27(19-33)30(37(20-22-3-4-22)29(26)12-10-25)23-5-7-24(8-6-23)34-16-14-21-1-2-21/h5-11,17-18,21-22,34H,1-4,12,14,16,20,32H2. The van der Waals surface area contributed by atoms with Gasteiger partial charge in [0.05, 0.1) is 11.3 Å². The molecule has 1 aromatic carbocycles. The number of fused-ring (bicyclic) bond motifs is 1. The summed E-state index contributed by atoms with van der Waals surface area (Å²) in [5, 5.41) is 13.9. The molecule has 38 heavy (non-hydrogen) atoms. The van der Waals surface area contributed by atoms with Gasteiger partial charge in [-0.2, -0.15) is 5.26 Å². The van der Waals surface area contributed by atoms with E-state index in [1.165, 1.54) is 32.1 Å². The average molecular weight is 503 g/mol. The SMILES string of the molecule is N#Cc1c2c(n(CC3CC3)c1-c1ccc(NCCC3CC3)cc1)CC=C(Oc1nccnc1C#CN)C=C2. The van der Waals surface area contributed by atoms with Gasteiger partial charge in [0.15, 0.2) is 5.69 Å². The molecule has 190 valence electrons. The summed E-state index contributed by atoms with van der Waals surface area (Å²) in [5.41, 5.74) is 11.8. The van der Waals surface area contributed by atoms with Crippen LogP contribution in [0, 0.1) is 35.1 Å². The second-order valence-electron chi connectivity index (χ2n) is 10.2. The molecule has 3 aliphatic rings. The van der Waals surface area contributed by atoms with Gasteiger partial charge < -0.3 is 20.4 Å². The molecule has 7 heteroatoms. The maximum Gasteiger partial charge on any atom is 0.254 e. The number of nitrogens with zero attached hydrogens (tertiary/aromatic N) is 4. The summed E-state index contributed by atoms with van der Waals surface area (Å²) in [5.74, 6) is 5.23. The van der Waals surface area contributed by atoms with Gasteiger partial charge in [0.25, 0.3) is 5.88 Å². The van der Waals surface area contributed by atoms with Crippen molar-refractivity contribution in [3.63, 3.8) is 0 Å². The van der Waals surface area contributed by atoms with E-state index in [1.54, 1.807) is 12.4 Å². The molecule has 0 spiro atoms. The largest absolute Gasteiger partial charge is 0.437 e. The Labute approximate surface area is 223 Å². The molecule has 3 N–H and O–H groups in total. The lowest BCUT2D eigenvalue weighted by Gasteiger charge is -2.14. The van der Waals surface area contributed by atoms with E-state index in [-0.39, 0.29) is 0 Å². The second kappa shape index (κ2) is 10.5. The molecule has 3 aliphatic carbocycles. The van der Waals surface area contributed by atoms with E-state index >= 15 is 0 Å². The van der Waals surface area contributed by atoms with Gasteiger partial charge in [0.1, 0.15) is 11.8 Å². The molecule has 6 rings (SSSR count). The van der Waals surface area contributed by atoms with Crippen molar-refractivity contribution < 1.29 is 4.74 Å². The molecule has 0 bridgehead atoms. The molecule has 0 unspecified atom stereocenters. The maximum atomic E-state index is 10.3. The molecule has 0 atom stereocenters. The minimum atomic E-state index is 0.306. The highest BCUT2D eigenvalue weighted by molar-refractivity contribution is 5.78. The Balaban J connectivity index is 1.30. The van der Waals surface area contributed by atoms with Gasteiger partial charge in [-0.1, -0.05) is 25.0 Å². The molecule has 2 saturated carbocycles. The van der Waals surface area contributed by atoms with Crippen LogP contribution in [0.3, 0.4) is 0 Å². The molecular formula is C31H30N6O. The molecule has 2 aromatic heterocycles. The zero-order chi connectivity index (χ0) is 25.9. The van der Waals surface area contributed by atoms with Gasteiger partial charge in [-0.05, 0) is 72.9 Å². The zero-order valence-corrected chi connectivity index (χ0v) is 21.3. The first kappa shape index (κ1) is 23.9. The number of nitriles is 1. The lowest BCUT2D eigenvalue weighted by Crippen LogP contribution is -2.07. The Morgan fingerprint density at radius 1 is 1.05 bits per heavy atom. The maximum absolute atomic E-state index is 10.3. The Hall–Kier alpha value is -4.49. The highest BCUT2D eigenvalue weighted by Crippen LogP contribution is 2.39. The summed E-state index contributed by atoms with van der Waals surface area (Å²) in [7, 11) is 0. The number of nitrogens with one attached hydrogen (secondary N) is 1. The molecule has 3 aromatic rings. The van der Waals surface area contributed by atoms with Gasteiger partial charge in [0.2, 0.25) is 0 Å². The molecule has 2 fully saturated rings. The summed E-state index contributed by atoms with van der Waals surface area (Å²) < 4.78 is 8.41. The van der Waals surface area contributed by atoms with E-state index in [0.29, 0.717) is 35.2 Å². The molecule has 0 aliphatic heterocycles. The van der Waals surface area contributed by atoms with E-state index in [1.807, 2.05) is 18.2 Å². The molecule has 2 heterocycles. The molecule has 0 saturated heterocycles. The molecule has 0 amide bonds. The number of aromatic nitrogens is 3. The monoisotopic (exact) mass is 502 g/mol. The second-order valence-corrected chi connectivity index (χ2v) is 10.2. The molecule has 7 nitrogen and oxygen atoms in total. The number of hydrogen-bond donors (Lipinski definition) is 2. The van der Waals surface area contributed by atoms with Crippen LogP contribution in [0.15, 0.2) is 54.6 Å². The van der Waals surface area contributed by atoms with Crippen LogP contribution in [0.5, 0.6) is 5.88 Å². The van der Waals surface area contributed by atoms with E-state index in [9.17, 15) is 5.26 Å². The molecular weight excluding hydrogens is 472 g/mol. The average Bonchev–Trinajstić information content (AvgIpc) is 3.86. The summed E-state index contributed by atoms with van der Waals surface area (Å²) in [4.78, 5) is 8.47. The topological polar surface area (TPSA) is 102 Å². The van der Waals surface area contributed by atoms with Gasteiger partial charge in [0, 0.05) is 54.9 Å². The fourth-order valence-electron chi connectivity index (χ4n) is 5.01. The lowest BCUT2D eigenvalue weighted by molar-refractivity contribution is 0.421. The quantitative estimate of drug-likeness (QED) is 0.307. The van der Waals surface area contributed by atoms with Gasteiger partial charge in [-0.3, -0.25) is 0 Å². The van der Waals surface area contributed by atoms with Crippen molar-refractivity contribution in [3.8, 4) is 35.2 Å². The predicted molar refractivity (Wildman–Crippen MR) is 148 cm³/mol. The highest BCUT2D eigenvalue weighted by atomic mass is 16.5. The highest BCUT2D eigenvalue weighted by Gasteiger charge is 2.29. The number of benzene rings is 1. The molecule has 0 radical (unpaired) electrons. The van der Waals surface area contributed by atoms with Crippen LogP contribution in [0.2, 0.25) is 0 Å². The van der Waals surface area contributed by atoms with E-state index in [0.717, 1.165) is 47.2 Å². The van der Waals surface area contributed by atoms with E-state index in [2.05, 4.69) is 62.2 Å². The van der Waals surface area contributed by atoms with Crippen molar-refractivity contribution in [2.24, 2.45) is 17.6 Å².